The Labute approximate surface area is 125 Å². The van der Waals surface area contributed by atoms with Gasteiger partial charge < -0.3 is 0 Å². The van der Waals surface area contributed by atoms with Crippen LogP contribution < -0.4 is 0 Å². The van der Waals surface area contributed by atoms with Crippen molar-refractivity contribution in [1.82, 2.24) is 0 Å². The summed E-state index contributed by atoms with van der Waals surface area (Å²) in [5, 5.41) is 0. The lowest BCUT2D eigenvalue weighted by Gasteiger charge is -2.05. The van der Waals surface area contributed by atoms with Crippen molar-refractivity contribution in [1.29, 1.82) is 0 Å². The fourth-order valence-electron chi connectivity index (χ4n) is 1.32. The van der Waals surface area contributed by atoms with Crippen LogP contribution in [0.5, 0.6) is 0 Å². The van der Waals surface area contributed by atoms with Crippen molar-refractivity contribution < 1.29 is 4.21 Å². The molecule has 0 heterocycles. The summed E-state index contributed by atoms with van der Waals surface area (Å²) in [6.07, 6.45) is 0. The van der Waals surface area contributed by atoms with E-state index in [2.05, 4.69) is 44.5 Å². The second kappa shape index (κ2) is 5.69. The number of halogens is 2. The standard InChI is InChI=1S/C12H8Br2OS2/c13-8-1-6-11(14)12(7-8)17(15)10-4-2-9(16)3-5-10/h1-7,16H. The highest BCUT2D eigenvalue weighted by Crippen LogP contribution is 2.28. The number of hydrogen-bond donors (Lipinski definition) is 1. The first-order valence-corrected chi connectivity index (χ1v) is 7.92. The Morgan fingerprint density at radius 3 is 2.29 bits per heavy atom. The van der Waals surface area contributed by atoms with E-state index in [0.29, 0.717) is 0 Å². The second-order valence-corrected chi connectivity index (χ2v) is 7.07. The molecule has 5 heteroatoms. The van der Waals surface area contributed by atoms with Gasteiger partial charge in [-0.2, -0.15) is 0 Å². The van der Waals surface area contributed by atoms with E-state index in [1.54, 1.807) is 0 Å². The molecule has 0 saturated carbocycles. The van der Waals surface area contributed by atoms with E-state index in [4.69, 9.17) is 0 Å². The predicted molar refractivity (Wildman–Crippen MR) is 80.2 cm³/mol. The van der Waals surface area contributed by atoms with Crippen molar-refractivity contribution in [2.45, 2.75) is 14.7 Å². The Hall–Kier alpha value is -0.100. The molecule has 2 rings (SSSR count). The molecule has 0 aromatic heterocycles. The number of rotatable bonds is 2. The van der Waals surface area contributed by atoms with Crippen molar-refractivity contribution in [3.63, 3.8) is 0 Å². The van der Waals surface area contributed by atoms with Crippen LogP contribution in [-0.2, 0) is 10.8 Å². The third kappa shape index (κ3) is 3.22. The molecule has 0 aliphatic heterocycles. The molecule has 0 spiro atoms. The van der Waals surface area contributed by atoms with E-state index < -0.39 is 10.8 Å². The van der Waals surface area contributed by atoms with E-state index in [1.807, 2.05) is 42.5 Å². The normalized spacial score (nSPS) is 12.4. The fourth-order valence-corrected chi connectivity index (χ4v) is 3.78. The minimum absolute atomic E-state index is 0.756. The third-order valence-corrected chi connectivity index (χ3v) is 5.33. The topological polar surface area (TPSA) is 17.1 Å². The van der Waals surface area contributed by atoms with Crippen LogP contribution in [0.1, 0.15) is 0 Å². The van der Waals surface area contributed by atoms with Crippen LogP contribution in [0.3, 0.4) is 0 Å². The van der Waals surface area contributed by atoms with E-state index in [0.717, 1.165) is 23.6 Å². The van der Waals surface area contributed by atoms with Gasteiger partial charge in [-0.15, -0.1) is 12.6 Å². The van der Waals surface area contributed by atoms with Gasteiger partial charge in [0.1, 0.15) is 0 Å². The smallest absolute Gasteiger partial charge is 0.0861 e. The molecule has 17 heavy (non-hydrogen) atoms. The molecule has 2 aromatic carbocycles. The zero-order chi connectivity index (χ0) is 12.4. The van der Waals surface area contributed by atoms with Gasteiger partial charge in [-0.05, 0) is 58.4 Å². The maximum absolute atomic E-state index is 12.4. The molecule has 88 valence electrons. The highest BCUT2D eigenvalue weighted by atomic mass is 79.9. The first-order valence-electron chi connectivity index (χ1n) is 4.74. The Morgan fingerprint density at radius 2 is 1.65 bits per heavy atom. The molecule has 0 aliphatic carbocycles. The maximum Gasteiger partial charge on any atom is 0.0861 e. The van der Waals surface area contributed by atoms with Gasteiger partial charge in [-0.25, -0.2) is 4.21 Å². The molecule has 0 fully saturated rings. The molecule has 2 aromatic rings. The van der Waals surface area contributed by atoms with Crippen LogP contribution in [0.15, 0.2) is 66.1 Å². The third-order valence-electron chi connectivity index (χ3n) is 2.14. The molecular formula is C12H8Br2OS2. The Kier molecular flexibility index (Phi) is 4.47. The largest absolute Gasteiger partial charge is 0.249 e. The summed E-state index contributed by atoms with van der Waals surface area (Å²) in [7, 11) is -1.19. The summed E-state index contributed by atoms with van der Waals surface area (Å²) < 4.78 is 14.1. The molecule has 0 aliphatic rings. The minimum atomic E-state index is -1.19. The molecule has 1 nitrogen and oxygen atoms in total. The quantitative estimate of drug-likeness (QED) is 0.736. The van der Waals surface area contributed by atoms with E-state index in [-0.39, 0.29) is 0 Å². The van der Waals surface area contributed by atoms with Crippen LogP contribution in [0.2, 0.25) is 0 Å². The zero-order valence-electron chi connectivity index (χ0n) is 8.56. The summed E-state index contributed by atoms with van der Waals surface area (Å²) in [4.78, 5) is 2.38. The lowest BCUT2D eigenvalue weighted by Crippen LogP contribution is -1.94. The fraction of sp³-hybridized carbons (Fsp3) is 0. The van der Waals surface area contributed by atoms with Gasteiger partial charge in [0.05, 0.1) is 15.7 Å². The Morgan fingerprint density at radius 1 is 1.00 bits per heavy atom. The molecule has 1 atom stereocenters. The lowest BCUT2D eigenvalue weighted by atomic mass is 10.4. The zero-order valence-corrected chi connectivity index (χ0v) is 13.4. The molecule has 1 unspecified atom stereocenters. The first-order chi connectivity index (χ1) is 8.08. The maximum atomic E-state index is 12.4. The Balaban J connectivity index is 2.43. The van der Waals surface area contributed by atoms with Crippen LogP contribution in [0, 0.1) is 0 Å². The highest BCUT2D eigenvalue weighted by Gasteiger charge is 2.11. The highest BCUT2D eigenvalue weighted by molar-refractivity contribution is 9.11. The number of thiol groups is 1. The van der Waals surface area contributed by atoms with Gasteiger partial charge in [0.15, 0.2) is 0 Å². The van der Waals surface area contributed by atoms with Crippen LogP contribution >= 0.6 is 44.5 Å². The van der Waals surface area contributed by atoms with E-state index in [1.165, 1.54) is 0 Å². The molecule has 0 bridgehead atoms. The molecule has 0 N–H and O–H groups in total. The molecular weight excluding hydrogens is 384 g/mol. The van der Waals surface area contributed by atoms with Crippen molar-refractivity contribution >= 4 is 55.3 Å². The van der Waals surface area contributed by atoms with Gasteiger partial charge in [-0.3, -0.25) is 0 Å². The van der Waals surface area contributed by atoms with Crippen LogP contribution in [0.4, 0.5) is 0 Å². The average molecular weight is 392 g/mol. The summed E-state index contributed by atoms with van der Waals surface area (Å²) in [5.74, 6) is 0. The van der Waals surface area contributed by atoms with Crippen LogP contribution in [-0.4, -0.2) is 4.21 Å². The molecule has 0 radical (unpaired) electrons. The van der Waals surface area contributed by atoms with Gasteiger partial charge >= 0.3 is 0 Å². The summed E-state index contributed by atoms with van der Waals surface area (Å²) in [6.45, 7) is 0. The Bertz CT molecular complexity index is 567. The van der Waals surface area contributed by atoms with Crippen molar-refractivity contribution in [3.8, 4) is 0 Å². The van der Waals surface area contributed by atoms with Gasteiger partial charge in [-0.1, -0.05) is 15.9 Å². The van der Waals surface area contributed by atoms with Crippen molar-refractivity contribution in [2.24, 2.45) is 0 Å². The SMILES string of the molecule is O=S(c1ccc(S)cc1)c1cc(Br)ccc1Br. The van der Waals surface area contributed by atoms with Gasteiger partial charge in [0.2, 0.25) is 0 Å². The molecule has 0 saturated heterocycles. The first kappa shape index (κ1) is 13.3. The van der Waals surface area contributed by atoms with E-state index >= 15 is 0 Å². The second-order valence-electron chi connectivity index (χ2n) is 3.34. The van der Waals surface area contributed by atoms with E-state index in [9.17, 15) is 4.21 Å². The lowest BCUT2D eigenvalue weighted by molar-refractivity contribution is 0.682. The summed E-state index contributed by atoms with van der Waals surface area (Å²) in [5.41, 5.74) is 0. The minimum Gasteiger partial charge on any atom is -0.249 e. The van der Waals surface area contributed by atoms with Crippen molar-refractivity contribution in [3.05, 3.63) is 51.4 Å². The average Bonchev–Trinajstić information content (AvgIpc) is 2.32. The monoisotopic (exact) mass is 390 g/mol. The predicted octanol–water partition coefficient (Wildman–Crippen LogP) is 4.67. The van der Waals surface area contributed by atoms with Gasteiger partial charge in [0.25, 0.3) is 0 Å². The van der Waals surface area contributed by atoms with Crippen molar-refractivity contribution in [2.75, 3.05) is 0 Å². The number of benzene rings is 2. The summed E-state index contributed by atoms with van der Waals surface area (Å²) >= 11 is 11.0. The van der Waals surface area contributed by atoms with Gasteiger partial charge in [0, 0.05) is 18.7 Å². The molecule has 0 amide bonds. The van der Waals surface area contributed by atoms with Crippen LogP contribution in [0.25, 0.3) is 0 Å². The summed E-state index contributed by atoms with van der Waals surface area (Å²) in [6, 6.07) is 13.0. The number of hydrogen-bond acceptors (Lipinski definition) is 2.